The van der Waals surface area contributed by atoms with Crippen LogP contribution in [0.3, 0.4) is 0 Å². The molecule has 8 aliphatic rings. The van der Waals surface area contributed by atoms with Crippen molar-refractivity contribution in [2.24, 2.45) is 52.3 Å². The lowest BCUT2D eigenvalue weighted by molar-refractivity contribution is -0.355. The predicted molar refractivity (Wildman–Crippen MR) is 178 cm³/mol. The number of hydrogen-bond acceptors (Lipinski definition) is 13. The minimum absolute atomic E-state index is 0.0147. The maximum absolute atomic E-state index is 11.9. The molecule has 4 saturated carbocycles. The predicted octanol–water partition coefficient (Wildman–Crippen LogP) is 1.05. The first-order valence-electron chi connectivity index (χ1n) is 19.8. The molecule has 4 saturated heterocycles. The van der Waals surface area contributed by atoms with Gasteiger partial charge >= 0.3 is 0 Å². The molecule has 0 radical (unpaired) electrons. The average molecular weight is 727 g/mol. The number of aliphatic hydroxyl groups excluding tert-OH is 7. The van der Waals surface area contributed by atoms with E-state index < -0.39 is 73.8 Å². The molecule has 292 valence electrons. The molecule has 0 aromatic rings. The highest BCUT2D eigenvalue weighted by atomic mass is 16.7. The number of aliphatic hydroxyl groups is 7. The van der Waals surface area contributed by atoms with Gasteiger partial charge in [-0.2, -0.15) is 0 Å². The van der Waals surface area contributed by atoms with Gasteiger partial charge in [0, 0.05) is 12.3 Å². The topological polar surface area (TPSA) is 197 Å². The lowest BCUT2D eigenvalue weighted by atomic mass is 9.43. The van der Waals surface area contributed by atoms with Gasteiger partial charge in [-0.3, -0.25) is 0 Å². The van der Waals surface area contributed by atoms with E-state index in [1.807, 2.05) is 0 Å². The second-order valence-electron chi connectivity index (χ2n) is 18.4. The van der Waals surface area contributed by atoms with E-state index in [0.29, 0.717) is 48.3 Å². The van der Waals surface area contributed by atoms with Crippen molar-refractivity contribution >= 4 is 0 Å². The smallest absolute Gasteiger partial charge is 0.186 e. The monoisotopic (exact) mass is 726 g/mol. The van der Waals surface area contributed by atoms with Gasteiger partial charge in [-0.25, -0.2) is 0 Å². The van der Waals surface area contributed by atoms with Crippen LogP contribution in [-0.2, 0) is 28.4 Å². The molecule has 0 aromatic carbocycles. The molecule has 1 spiro atoms. The molecule has 0 amide bonds. The van der Waals surface area contributed by atoms with Crippen LogP contribution in [0, 0.1) is 52.3 Å². The highest BCUT2D eigenvalue weighted by Crippen LogP contribution is 2.71. The minimum atomic E-state index is -1.61. The third-order valence-corrected chi connectivity index (χ3v) is 15.8. The Labute approximate surface area is 300 Å². The summed E-state index contributed by atoms with van der Waals surface area (Å²) < 4.78 is 36.7. The molecule has 13 heteroatoms. The van der Waals surface area contributed by atoms with Crippen molar-refractivity contribution in [2.45, 2.75) is 165 Å². The molecular formula is C38H62O13. The fourth-order valence-electron chi connectivity index (χ4n) is 13.0. The van der Waals surface area contributed by atoms with E-state index >= 15 is 0 Å². The van der Waals surface area contributed by atoms with E-state index in [1.165, 1.54) is 0 Å². The molecule has 13 nitrogen and oxygen atoms in total. The summed E-state index contributed by atoms with van der Waals surface area (Å²) in [5, 5.41) is 74.3. The molecular weight excluding hydrogens is 664 g/mol. The van der Waals surface area contributed by atoms with Crippen LogP contribution >= 0.6 is 0 Å². The second kappa shape index (κ2) is 13.6. The highest BCUT2D eigenvalue weighted by molar-refractivity contribution is 5.16. The Bertz CT molecular complexity index is 1250. The van der Waals surface area contributed by atoms with E-state index in [1.54, 1.807) is 0 Å². The van der Waals surface area contributed by atoms with Crippen molar-refractivity contribution in [3.05, 3.63) is 0 Å². The number of fused-ring (bicyclic) bond motifs is 7. The normalized spacial score (nSPS) is 59.9. The maximum atomic E-state index is 11.9. The Morgan fingerprint density at radius 3 is 2.18 bits per heavy atom. The first-order valence-corrected chi connectivity index (χ1v) is 19.8. The largest absolute Gasteiger partial charge is 0.394 e. The van der Waals surface area contributed by atoms with Crippen LogP contribution in [-0.4, -0.2) is 135 Å². The van der Waals surface area contributed by atoms with Crippen LogP contribution in [0.15, 0.2) is 0 Å². The van der Waals surface area contributed by atoms with Crippen LogP contribution in [0.5, 0.6) is 0 Å². The summed E-state index contributed by atoms with van der Waals surface area (Å²) in [4.78, 5) is 0. The average Bonchev–Trinajstić information content (AvgIpc) is 3.55. The van der Waals surface area contributed by atoms with Gasteiger partial charge in [0.15, 0.2) is 18.4 Å². The van der Waals surface area contributed by atoms with Crippen LogP contribution in [0.1, 0.15) is 85.5 Å². The summed E-state index contributed by atoms with van der Waals surface area (Å²) in [5.74, 6) is 2.39. The molecule has 51 heavy (non-hydrogen) atoms. The zero-order valence-corrected chi connectivity index (χ0v) is 30.5. The van der Waals surface area contributed by atoms with Crippen molar-refractivity contribution in [1.82, 2.24) is 0 Å². The van der Waals surface area contributed by atoms with E-state index in [0.717, 1.165) is 51.6 Å². The number of ether oxygens (including phenoxy) is 6. The molecule has 8 rings (SSSR count). The third-order valence-electron chi connectivity index (χ3n) is 15.8. The molecule has 4 aliphatic carbocycles. The molecule has 4 aliphatic heterocycles. The van der Waals surface area contributed by atoms with Crippen molar-refractivity contribution < 1.29 is 64.2 Å². The quantitative estimate of drug-likeness (QED) is 0.199. The van der Waals surface area contributed by atoms with Crippen LogP contribution in [0.2, 0.25) is 0 Å². The Morgan fingerprint density at radius 2 is 1.45 bits per heavy atom. The zero-order chi connectivity index (χ0) is 36.2. The van der Waals surface area contributed by atoms with E-state index in [2.05, 4.69) is 27.7 Å². The fraction of sp³-hybridized carbons (Fsp3) is 1.00. The number of hydrogen-bond donors (Lipinski definition) is 7. The SMILES string of the molecule is C[C@@H]1CC[C@@]2(OC1)O[C@H]1C[C@H]3[C@@H]4C[C@H](O)[C@H]5C[C@@H](O[C@@H]6O[C@H](CO)[C@@H](O[C@H]7OC[C@H](O)[C@@H](O)[C@@H]7O)[C@H](O)[C@H]6O)CC[C@]5(C)[C@H]4CC[C@]3(C)[C@H]1[C@@H]2C. The fourth-order valence-corrected chi connectivity index (χ4v) is 13.0. The Morgan fingerprint density at radius 1 is 0.706 bits per heavy atom. The molecule has 7 N–H and O–H groups in total. The van der Waals surface area contributed by atoms with Crippen molar-refractivity contribution in [3.8, 4) is 0 Å². The van der Waals surface area contributed by atoms with E-state index in [-0.39, 0.29) is 35.6 Å². The van der Waals surface area contributed by atoms with Gasteiger partial charge in [-0.05, 0) is 97.7 Å². The van der Waals surface area contributed by atoms with Gasteiger partial charge in [0.1, 0.15) is 42.7 Å². The second-order valence-corrected chi connectivity index (χ2v) is 18.4. The minimum Gasteiger partial charge on any atom is -0.394 e. The summed E-state index contributed by atoms with van der Waals surface area (Å²) in [6.07, 6.45) is -4.85. The lowest BCUT2D eigenvalue weighted by Crippen LogP contribution is -2.64. The molecule has 0 aromatic heterocycles. The Hall–Kier alpha value is -0.520. The van der Waals surface area contributed by atoms with Gasteiger partial charge in [-0.1, -0.05) is 27.7 Å². The zero-order valence-electron chi connectivity index (χ0n) is 30.5. The molecule has 0 bridgehead atoms. The van der Waals surface area contributed by atoms with Crippen LogP contribution < -0.4 is 0 Å². The molecule has 4 heterocycles. The van der Waals surface area contributed by atoms with Crippen molar-refractivity contribution in [3.63, 3.8) is 0 Å². The summed E-state index contributed by atoms with van der Waals surface area (Å²) in [5.41, 5.74) is 0.0986. The van der Waals surface area contributed by atoms with Gasteiger partial charge in [0.05, 0.1) is 38.1 Å². The summed E-state index contributed by atoms with van der Waals surface area (Å²) in [7, 11) is 0. The Kier molecular flexibility index (Phi) is 9.97. The molecule has 8 fully saturated rings. The first kappa shape index (κ1) is 37.4. The summed E-state index contributed by atoms with van der Waals surface area (Å²) in [6.45, 7) is 9.39. The van der Waals surface area contributed by atoms with Crippen LogP contribution in [0.25, 0.3) is 0 Å². The number of rotatable bonds is 5. The Balaban J connectivity index is 0.914. The van der Waals surface area contributed by atoms with Crippen molar-refractivity contribution in [1.29, 1.82) is 0 Å². The molecule has 22 atom stereocenters. The summed E-state index contributed by atoms with van der Waals surface area (Å²) >= 11 is 0. The first-order chi connectivity index (χ1) is 24.2. The highest BCUT2D eigenvalue weighted by Gasteiger charge is 2.70. The van der Waals surface area contributed by atoms with Gasteiger partial charge in [-0.15, -0.1) is 0 Å². The lowest BCUT2D eigenvalue weighted by Gasteiger charge is -2.62. The van der Waals surface area contributed by atoms with Crippen molar-refractivity contribution in [2.75, 3.05) is 19.8 Å². The van der Waals surface area contributed by atoms with Crippen LogP contribution in [0.4, 0.5) is 0 Å². The maximum Gasteiger partial charge on any atom is 0.186 e. The van der Waals surface area contributed by atoms with Gasteiger partial charge in [0.2, 0.25) is 0 Å². The third kappa shape index (κ3) is 5.90. The van der Waals surface area contributed by atoms with E-state index in [9.17, 15) is 35.7 Å². The molecule has 0 unspecified atom stereocenters. The van der Waals surface area contributed by atoms with E-state index in [4.69, 9.17) is 28.4 Å². The van der Waals surface area contributed by atoms with Gasteiger partial charge in [0.25, 0.3) is 0 Å². The summed E-state index contributed by atoms with van der Waals surface area (Å²) in [6, 6.07) is 0. The van der Waals surface area contributed by atoms with Gasteiger partial charge < -0.3 is 64.2 Å². The standard InChI is InChI=1S/C38H62O13/c1-17-5-10-38(47-15-17)18(2)28-26(51-38)13-22-20-12-24(40)23-11-19(6-8-36(23,3)21(20)7-9-37(22,28)4)48-35-32(45)30(43)33(27(14-39)49-35)50-34-31(44)29(42)25(41)16-46-34/h17-35,39-45H,5-16H2,1-4H3/t17-,18+,19+,20-,21+,22+,23-,24+,25+,26+,27-,28+,29-,30-,31+,32-,33-,34-,35-,36-,37+,38-/m1/s1.